The molecule has 1 amide bonds. The molecule has 0 rings (SSSR count). The van der Waals surface area contributed by atoms with Gasteiger partial charge in [-0.3, -0.25) is 9.36 Å². The van der Waals surface area contributed by atoms with Gasteiger partial charge in [0.05, 0.1) is 39.9 Å². The second-order valence-electron chi connectivity index (χ2n) is 22.1. The number of hydrogen-bond donors (Lipinski definition) is 2. The Labute approximate surface area is 424 Å². The standard InChI is InChI=1S/C59H119N2O6P/c1-6-8-10-12-14-16-18-20-22-24-26-27-28-29-30-31-32-33-35-36-38-40-42-44-46-48-50-52-58(62)57(56-67-68(64,65)66-55-54-61(3,4)5)60-59(63)53-51-49-47-45-43-41-39-37-34-25-23-21-19-17-15-13-11-9-7-2/h50,52,57-58,62H,6-49,51,53-56H2,1-5H3,(H-,60,63,64,65)/b52-50+. The van der Waals surface area contributed by atoms with E-state index in [0.717, 1.165) is 38.5 Å². The lowest BCUT2D eigenvalue weighted by Crippen LogP contribution is -2.45. The molecular weight excluding hydrogens is 864 g/mol. The number of phosphoric ester groups is 1. The fourth-order valence-corrected chi connectivity index (χ4v) is 10.00. The van der Waals surface area contributed by atoms with E-state index in [4.69, 9.17) is 9.05 Å². The Balaban J connectivity index is 4.14. The van der Waals surface area contributed by atoms with Gasteiger partial charge in [-0.15, -0.1) is 0 Å². The molecule has 0 saturated heterocycles. The minimum Gasteiger partial charge on any atom is -0.756 e. The van der Waals surface area contributed by atoms with Gasteiger partial charge in [-0.1, -0.05) is 296 Å². The van der Waals surface area contributed by atoms with Gasteiger partial charge in [-0.2, -0.15) is 0 Å². The number of rotatable bonds is 56. The summed E-state index contributed by atoms with van der Waals surface area (Å²) < 4.78 is 23.4. The van der Waals surface area contributed by atoms with Crippen LogP contribution in [0.5, 0.6) is 0 Å². The van der Waals surface area contributed by atoms with Gasteiger partial charge in [0.2, 0.25) is 5.91 Å². The van der Waals surface area contributed by atoms with Crippen LogP contribution in [0, 0.1) is 0 Å². The number of carbonyl (C=O) groups excluding carboxylic acids is 1. The molecule has 3 atom stereocenters. The first kappa shape index (κ1) is 67.2. The van der Waals surface area contributed by atoms with Crippen molar-refractivity contribution in [3.63, 3.8) is 0 Å². The summed E-state index contributed by atoms with van der Waals surface area (Å²) in [6.07, 6.45) is 62.9. The lowest BCUT2D eigenvalue weighted by atomic mass is 10.0. The fourth-order valence-electron chi connectivity index (χ4n) is 9.27. The molecule has 0 bridgehead atoms. The Morgan fingerprint density at radius 1 is 0.500 bits per heavy atom. The molecule has 9 heteroatoms. The van der Waals surface area contributed by atoms with Crippen LogP contribution < -0.4 is 10.2 Å². The van der Waals surface area contributed by atoms with Crippen LogP contribution in [0.1, 0.15) is 309 Å². The number of carbonyl (C=O) groups is 1. The number of phosphoric acid groups is 1. The minimum atomic E-state index is -4.59. The molecule has 406 valence electrons. The van der Waals surface area contributed by atoms with Crippen molar-refractivity contribution in [3.8, 4) is 0 Å². The molecule has 0 aromatic carbocycles. The zero-order valence-electron chi connectivity index (χ0n) is 46.3. The predicted molar refractivity (Wildman–Crippen MR) is 293 cm³/mol. The topological polar surface area (TPSA) is 108 Å². The van der Waals surface area contributed by atoms with Gasteiger partial charge < -0.3 is 28.8 Å². The highest BCUT2D eigenvalue weighted by molar-refractivity contribution is 7.45. The van der Waals surface area contributed by atoms with Gasteiger partial charge in [0.25, 0.3) is 7.82 Å². The van der Waals surface area contributed by atoms with E-state index in [1.807, 2.05) is 27.2 Å². The van der Waals surface area contributed by atoms with Crippen LogP contribution in [-0.4, -0.2) is 68.5 Å². The van der Waals surface area contributed by atoms with Crippen LogP contribution in [-0.2, 0) is 18.4 Å². The first-order valence-electron chi connectivity index (χ1n) is 30.1. The molecule has 0 spiro atoms. The van der Waals surface area contributed by atoms with E-state index >= 15 is 0 Å². The van der Waals surface area contributed by atoms with Crippen molar-refractivity contribution in [2.24, 2.45) is 0 Å². The number of aliphatic hydroxyl groups is 1. The minimum absolute atomic E-state index is 0.00275. The smallest absolute Gasteiger partial charge is 0.268 e. The van der Waals surface area contributed by atoms with Crippen LogP contribution in [0.4, 0.5) is 0 Å². The molecule has 0 aromatic heterocycles. The molecule has 0 aliphatic carbocycles. The number of unbranched alkanes of at least 4 members (excludes halogenated alkanes) is 43. The zero-order valence-corrected chi connectivity index (χ0v) is 47.2. The molecule has 0 fully saturated rings. The van der Waals surface area contributed by atoms with Gasteiger partial charge >= 0.3 is 0 Å². The lowest BCUT2D eigenvalue weighted by molar-refractivity contribution is -0.870. The number of nitrogens with zero attached hydrogens (tertiary/aromatic N) is 1. The molecule has 0 aromatic rings. The maximum atomic E-state index is 13.0. The molecule has 68 heavy (non-hydrogen) atoms. The van der Waals surface area contributed by atoms with Gasteiger partial charge in [-0.05, 0) is 19.3 Å². The van der Waals surface area contributed by atoms with E-state index in [2.05, 4.69) is 19.2 Å². The highest BCUT2D eigenvalue weighted by Crippen LogP contribution is 2.38. The van der Waals surface area contributed by atoms with Gasteiger partial charge in [0.15, 0.2) is 0 Å². The highest BCUT2D eigenvalue weighted by atomic mass is 31.2. The molecule has 0 heterocycles. The Morgan fingerprint density at radius 2 is 0.794 bits per heavy atom. The van der Waals surface area contributed by atoms with Crippen LogP contribution >= 0.6 is 7.82 Å². The first-order valence-corrected chi connectivity index (χ1v) is 31.5. The van der Waals surface area contributed by atoms with Crippen molar-refractivity contribution < 1.29 is 32.9 Å². The third kappa shape index (κ3) is 53.0. The Bertz CT molecular complexity index is 1120. The van der Waals surface area contributed by atoms with E-state index in [9.17, 15) is 19.4 Å². The highest BCUT2D eigenvalue weighted by Gasteiger charge is 2.23. The summed E-state index contributed by atoms with van der Waals surface area (Å²) >= 11 is 0. The number of aliphatic hydroxyl groups excluding tert-OH is 1. The van der Waals surface area contributed by atoms with Crippen molar-refractivity contribution in [2.75, 3.05) is 40.9 Å². The van der Waals surface area contributed by atoms with Crippen LogP contribution in [0.25, 0.3) is 0 Å². The SMILES string of the molecule is CCCCCCCCCCCCCCCCCCCCCCCCCCC/C=C/C(O)C(COP(=O)([O-])OCC[N+](C)(C)C)NC(=O)CCCCCCCCCCCCCCCCCCCCC. The quantitative estimate of drug-likeness (QED) is 0.0272. The second kappa shape index (κ2) is 51.2. The van der Waals surface area contributed by atoms with Crippen LogP contribution in [0.2, 0.25) is 0 Å². The molecular formula is C59H119N2O6P. The summed E-state index contributed by atoms with van der Waals surface area (Å²) in [6, 6.07) is -0.882. The Morgan fingerprint density at radius 3 is 1.10 bits per heavy atom. The average Bonchev–Trinajstić information content (AvgIpc) is 3.30. The normalized spacial score (nSPS) is 13.9. The molecule has 2 N–H and O–H groups in total. The number of hydrogen-bond acceptors (Lipinski definition) is 6. The van der Waals surface area contributed by atoms with Crippen LogP contribution in [0.15, 0.2) is 12.2 Å². The fraction of sp³-hybridized carbons (Fsp3) is 0.949. The molecule has 0 radical (unpaired) electrons. The van der Waals surface area contributed by atoms with E-state index < -0.39 is 20.0 Å². The van der Waals surface area contributed by atoms with Crippen molar-refractivity contribution in [3.05, 3.63) is 12.2 Å². The molecule has 0 aliphatic heterocycles. The van der Waals surface area contributed by atoms with Crippen molar-refractivity contribution >= 4 is 13.7 Å². The molecule has 0 saturated carbocycles. The molecule has 8 nitrogen and oxygen atoms in total. The monoisotopic (exact) mass is 983 g/mol. The van der Waals surface area contributed by atoms with Gasteiger partial charge in [0.1, 0.15) is 13.2 Å². The number of nitrogens with one attached hydrogen (secondary N) is 1. The molecule has 0 aliphatic rings. The predicted octanol–water partition coefficient (Wildman–Crippen LogP) is 17.6. The Hall–Kier alpha value is -0.760. The van der Waals surface area contributed by atoms with Gasteiger partial charge in [0, 0.05) is 6.42 Å². The first-order chi connectivity index (χ1) is 33.0. The van der Waals surface area contributed by atoms with E-state index in [-0.39, 0.29) is 19.1 Å². The average molecular weight is 984 g/mol. The maximum absolute atomic E-state index is 13.0. The lowest BCUT2D eigenvalue weighted by Gasteiger charge is -2.29. The zero-order chi connectivity index (χ0) is 49.9. The number of likely N-dealkylation sites (N-methyl/N-ethyl adjacent to an activating group) is 1. The van der Waals surface area contributed by atoms with Crippen LogP contribution in [0.3, 0.4) is 0 Å². The summed E-state index contributed by atoms with van der Waals surface area (Å²) in [4.78, 5) is 25.5. The number of allylic oxidation sites excluding steroid dienone is 1. The van der Waals surface area contributed by atoms with E-state index in [0.29, 0.717) is 17.4 Å². The summed E-state index contributed by atoms with van der Waals surface area (Å²) in [5.74, 6) is -0.190. The number of quaternary nitrogens is 1. The number of amides is 1. The van der Waals surface area contributed by atoms with Crippen molar-refractivity contribution in [1.29, 1.82) is 0 Å². The summed E-state index contributed by atoms with van der Waals surface area (Å²) in [7, 11) is 1.28. The summed E-state index contributed by atoms with van der Waals surface area (Å²) in [5.41, 5.74) is 0. The van der Waals surface area contributed by atoms with E-state index in [1.165, 1.54) is 250 Å². The van der Waals surface area contributed by atoms with Crippen molar-refractivity contribution in [2.45, 2.75) is 321 Å². The van der Waals surface area contributed by atoms with Gasteiger partial charge in [-0.25, -0.2) is 0 Å². The Kier molecular flexibility index (Phi) is 50.6. The van der Waals surface area contributed by atoms with Crippen molar-refractivity contribution in [1.82, 2.24) is 5.32 Å². The maximum Gasteiger partial charge on any atom is 0.268 e. The third-order valence-corrected chi connectivity index (χ3v) is 15.0. The summed E-state index contributed by atoms with van der Waals surface area (Å²) in [5, 5.41) is 13.9. The molecule has 3 unspecified atom stereocenters. The third-order valence-electron chi connectivity index (χ3n) is 14.0. The van der Waals surface area contributed by atoms with E-state index in [1.54, 1.807) is 6.08 Å². The largest absolute Gasteiger partial charge is 0.756 e. The second-order valence-corrected chi connectivity index (χ2v) is 23.5. The summed E-state index contributed by atoms with van der Waals surface area (Å²) in [6.45, 7) is 4.71.